The predicted molar refractivity (Wildman–Crippen MR) is 61.4 cm³/mol. The molecule has 0 aliphatic heterocycles. The lowest BCUT2D eigenvalue weighted by atomic mass is 9.84. The average Bonchev–Trinajstić information content (AvgIpc) is 2.00. The van der Waals surface area contributed by atoms with Gasteiger partial charge < -0.3 is 11.5 Å². The quantitative estimate of drug-likeness (QED) is 0.765. The minimum absolute atomic E-state index is 0.502. The molecule has 1 atom stereocenters. The Bertz CT molecular complexity index is 385. The van der Waals surface area contributed by atoms with Gasteiger partial charge in [-0.1, -0.05) is 17.7 Å². The van der Waals surface area contributed by atoms with Crippen molar-refractivity contribution in [3.63, 3.8) is 0 Å². The molecule has 82 valence electrons. The summed E-state index contributed by atoms with van der Waals surface area (Å²) in [6, 6.07) is 4.02. The van der Waals surface area contributed by atoms with Crippen molar-refractivity contribution in [1.82, 2.24) is 0 Å². The Kier molecular flexibility index (Phi) is 2.86. The first-order valence-electron chi connectivity index (χ1n) is 4.94. The Morgan fingerprint density at radius 1 is 1.20 bits per heavy atom. The number of hydrogen-bond donors (Lipinski definition) is 2. The van der Waals surface area contributed by atoms with Crippen LogP contribution in [0.15, 0.2) is 12.1 Å². The first kappa shape index (κ1) is 11.7. The summed E-state index contributed by atoms with van der Waals surface area (Å²) in [7, 11) is 0. The van der Waals surface area contributed by atoms with E-state index in [9.17, 15) is 4.79 Å². The van der Waals surface area contributed by atoms with E-state index >= 15 is 0 Å². The molecular formula is C12H18N2O. The fraction of sp³-hybridized carbons (Fsp3) is 0.417. The normalized spacial score (nSPS) is 14.7. The lowest BCUT2D eigenvalue weighted by Crippen LogP contribution is -2.47. The SMILES string of the molecule is Cc1cc(C)c(C(C)(N)C(N)=O)c(C)c1. The average molecular weight is 206 g/mol. The van der Waals surface area contributed by atoms with Gasteiger partial charge in [-0.15, -0.1) is 0 Å². The molecule has 1 unspecified atom stereocenters. The van der Waals surface area contributed by atoms with Crippen LogP contribution in [0, 0.1) is 20.8 Å². The lowest BCUT2D eigenvalue weighted by Gasteiger charge is -2.25. The molecule has 0 aromatic heterocycles. The largest absolute Gasteiger partial charge is 0.368 e. The molecule has 1 amide bonds. The van der Waals surface area contributed by atoms with Crippen molar-refractivity contribution in [3.05, 3.63) is 34.4 Å². The number of hydrogen-bond acceptors (Lipinski definition) is 2. The lowest BCUT2D eigenvalue weighted by molar-refractivity contribution is -0.122. The molecule has 3 nitrogen and oxygen atoms in total. The van der Waals surface area contributed by atoms with Crippen LogP contribution in [0.2, 0.25) is 0 Å². The molecule has 3 heteroatoms. The van der Waals surface area contributed by atoms with Gasteiger partial charge in [0, 0.05) is 0 Å². The summed E-state index contributed by atoms with van der Waals surface area (Å²) in [5.74, 6) is -0.502. The molecule has 0 saturated heterocycles. The van der Waals surface area contributed by atoms with Crippen LogP contribution in [0.4, 0.5) is 0 Å². The Balaban J connectivity index is 3.44. The van der Waals surface area contributed by atoms with Crippen molar-refractivity contribution < 1.29 is 4.79 Å². The Labute approximate surface area is 90.5 Å². The number of aryl methyl sites for hydroxylation is 3. The smallest absolute Gasteiger partial charge is 0.241 e. The zero-order valence-corrected chi connectivity index (χ0v) is 9.72. The van der Waals surface area contributed by atoms with Crippen LogP contribution in [0.1, 0.15) is 29.2 Å². The van der Waals surface area contributed by atoms with E-state index in [-0.39, 0.29) is 0 Å². The number of amides is 1. The van der Waals surface area contributed by atoms with Gasteiger partial charge in [-0.3, -0.25) is 4.79 Å². The van der Waals surface area contributed by atoms with Crippen LogP contribution in [-0.4, -0.2) is 5.91 Å². The maximum Gasteiger partial charge on any atom is 0.241 e. The highest BCUT2D eigenvalue weighted by atomic mass is 16.1. The Morgan fingerprint density at radius 3 is 1.93 bits per heavy atom. The van der Waals surface area contributed by atoms with E-state index in [0.717, 1.165) is 22.3 Å². The third-order valence-corrected chi connectivity index (χ3v) is 2.71. The second kappa shape index (κ2) is 3.66. The van der Waals surface area contributed by atoms with Gasteiger partial charge in [0.1, 0.15) is 5.54 Å². The molecule has 0 spiro atoms. The molecule has 0 saturated carbocycles. The van der Waals surface area contributed by atoms with Gasteiger partial charge in [0.15, 0.2) is 0 Å². The van der Waals surface area contributed by atoms with Gasteiger partial charge in [0.2, 0.25) is 5.91 Å². The molecule has 1 aromatic carbocycles. The van der Waals surface area contributed by atoms with Crippen molar-refractivity contribution >= 4 is 5.91 Å². The molecular weight excluding hydrogens is 188 g/mol. The second-order valence-corrected chi connectivity index (χ2v) is 4.34. The van der Waals surface area contributed by atoms with E-state index in [1.807, 2.05) is 32.9 Å². The molecule has 4 N–H and O–H groups in total. The molecule has 0 aliphatic rings. The zero-order valence-electron chi connectivity index (χ0n) is 9.72. The standard InChI is InChI=1S/C12H18N2O/c1-7-5-8(2)10(9(3)6-7)12(4,14)11(13)15/h5-6H,14H2,1-4H3,(H2,13,15). The number of carbonyl (C=O) groups is 1. The Hall–Kier alpha value is -1.35. The first-order valence-corrected chi connectivity index (χ1v) is 4.94. The van der Waals surface area contributed by atoms with Gasteiger partial charge in [-0.05, 0) is 44.4 Å². The summed E-state index contributed by atoms with van der Waals surface area (Å²) in [4.78, 5) is 11.3. The fourth-order valence-electron chi connectivity index (χ4n) is 2.12. The topological polar surface area (TPSA) is 69.1 Å². The van der Waals surface area contributed by atoms with Crippen molar-refractivity contribution in [2.75, 3.05) is 0 Å². The van der Waals surface area contributed by atoms with E-state index in [4.69, 9.17) is 11.5 Å². The molecule has 0 radical (unpaired) electrons. The third-order valence-electron chi connectivity index (χ3n) is 2.71. The summed E-state index contributed by atoms with van der Waals surface area (Å²) in [6.07, 6.45) is 0. The van der Waals surface area contributed by atoms with Gasteiger partial charge in [0.25, 0.3) is 0 Å². The van der Waals surface area contributed by atoms with Crippen molar-refractivity contribution in [1.29, 1.82) is 0 Å². The maximum atomic E-state index is 11.3. The molecule has 1 aromatic rings. The Morgan fingerprint density at radius 2 is 1.60 bits per heavy atom. The zero-order chi connectivity index (χ0) is 11.8. The van der Waals surface area contributed by atoms with E-state index in [2.05, 4.69) is 0 Å². The number of carbonyl (C=O) groups excluding carboxylic acids is 1. The van der Waals surface area contributed by atoms with Crippen LogP contribution in [-0.2, 0) is 10.3 Å². The summed E-state index contributed by atoms with van der Waals surface area (Å²) in [6.45, 7) is 7.56. The van der Waals surface area contributed by atoms with Crippen LogP contribution in [0.5, 0.6) is 0 Å². The van der Waals surface area contributed by atoms with Crippen LogP contribution < -0.4 is 11.5 Å². The summed E-state index contributed by atoms with van der Waals surface area (Å²) >= 11 is 0. The molecule has 0 heterocycles. The monoisotopic (exact) mass is 206 g/mol. The highest BCUT2D eigenvalue weighted by Gasteiger charge is 2.31. The minimum Gasteiger partial charge on any atom is -0.368 e. The van der Waals surface area contributed by atoms with Gasteiger partial charge in [-0.2, -0.15) is 0 Å². The van der Waals surface area contributed by atoms with Crippen LogP contribution in [0.3, 0.4) is 0 Å². The summed E-state index contributed by atoms with van der Waals surface area (Å²) in [5, 5.41) is 0. The minimum atomic E-state index is -1.10. The highest BCUT2D eigenvalue weighted by molar-refractivity contribution is 5.86. The van der Waals surface area contributed by atoms with Gasteiger partial charge in [0.05, 0.1) is 0 Å². The van der Waals surface area contributed by atoms with E-state index < -0.39 is 11.4 Å². The molecule has 0 fully saturated rings. The summed E-state index contributed by atoms with van der Waals surface area (Å²) in [5.41, 5.74) is 14.2. The van der Waals surface area contributed by atoms with E-state index in [1.54, 1.807) is 6.92 Å². The highest BCUT2D eigenvalue weighted by Crippen LogP contribution is 2.26. The van der Waals surface area contributed by atoms with E-state index in [0.29, 0.717) is 0 Å². The molecule has 0 aliphatic carbocycles. The van der Waals surface area contributed by atoms with Crippen LogP contribution >= 0.6 is 0 Å². The predicted octanol–water partition coefficient (Wildman–Crippen LogP) is 1.27. The number of rotatable bonds is 2. The molecule has 0 bridgehead atoms. The summed E-state index contributed by atoms with van der Waals surface area (Å²) < 4.78 is 0. The van der Waals surface area contributed by atoms with Crippen molar-refractivity contribution in [2.24, 2.45) is 11.5 Å². The second-order valence-electron chi connectivity index (χ2n) is 4.34. The number of primary amides is 1. The van der Waals surface area contributed by atoms with Gasteiger partial charge >= 0.3 is 0 Å². The van der Waals surface area contributed by atoms with Crippen molar-refractivity contribution in [3.8, 4) is 0 Å². The van der Waals surface area contributed by atoms with Crippen molar-refractivity contribution in [2.45, 2.75) is 33.2 Å². The van der Waals surface area contributed by atoms with Crippen LogP contribution in [0.25, 0.3) is 0 Å². The number of benzene rings is 1. The maximum absolute atomic E-state index is 11.3. The fourth-order valence-corrected chi connectivity index (χ4v) is 2.12. The van der Waals surface area contributed by atoms with E-state index in [1.165, 1.54) is 0 Å². The first-order chi connectivity index (χ1) is 6.76. The molecule has 1 rings (SSSR count). The third kappa shape index (κ3) is 2.02. The molecule has 15 heavy (non-hydrogen) atoms. The number of nitrogens with two attached hydrogens (primary N) is 2. The van der Waals surface area contributed by atoms with Gasteiger partial charge in [-0.25, -0.2) is 0 Å².